The number of nitrogens with zero attached hydrogens (tertiary/aromatic N) is 1. The van der Waals surface area contributed by atoms with Crippen LogP contribution in [0.4, 0.5) is 11.4 Å². The van der Waals surface area contributed by atoms with Gasteiger partial charge in [0, 0.05) is 35.1 Å². The molecule has 0 aliphatic rings. The molecule has 0 radical (unpaired) electrons. The molecule has 0 fully saturated rings. The zero-order chi connectivity index (χ0) is 15.2. The van der Waals surface area contributed by atoms with Gasteiger partial charge in [-0.05, 0) is 42.8 Å². The lowest BCUT2D eigenvalue weighted by Crippen LogP contribution is -2.23. The van der Waals surface area contributed by atoms with E-state index in [9.17, 15) is 0 Å². The molecule has 21 heavy (non-hydrogen) atoms. The summed E-state index contributed by atoms with van der Waals surface area (Å²) in [5, 5.41) is 0.717. The van der Waals surface area contributed by atoms with Crippen LogP contribution in [0.5, 0.6) is 5.75 Å². The van der Waals surface area contributed by atoms with Crippen LogP contribution in [0.25, 0.3) is 0 Å². The van der Waals surface area contributed by atoms with Crippen LogP contribution in [0.2, 0.25) is 5.02 Å². The second kappa shape index (κ2) is 7.23. The van der Waals surface area contributed by atoms with Crippen LogP contribution in [-0.2, 0) is 6.54 Å². The van der Waals surface area contributed by atoms with Gasteiger partial charge in [-0.25, -0.2) is 0 Å². The van der Waals surface area contributed by atoms with E-state index in [0.29, 0.717) is 0 Å². The highest BCUT2D eigenvalue weighted by atomic mass is 35.5. The Hall–Kier alpha value is -1.87. The number of benzene rings is 2. The van der Waals surface area contributed by atoms with Gasteiger partial charge in [0.2, 0.25) is 0 Å². The Kier molecular flexibility index (Phi) is 5.34. The first-order valence-electron chi connectivity index (χ1n) is 7.07. The van der Waals surface area contributed by atoms with Crippen molar-refractivity contribution >= 4 is 23.0 Å². The molecule has 0 unspecified atom stereocenters. The smallest absolute Gasteiger partial charge is 0.123 e. The number of halogens is 1. The number of rotatable bonds is 6. The molecule has 0 saturated heterocycles. The summed E-state index contributed by atoms with van der Waals surface area (Å²) >= 11 is 6.11. The van der Waals surface area contributed by atoms with Crippen LogP contribution in [0.15, 0.2) is 42.5 Å². The molecule has 0 aromatic heterocycles. The van der Waals surface area contributed by atoms with E-state index in [-0.39, 0.29) is 0 Å². The highest BCUT2D eigenvalue weighted by Gasteiger charge is 2.11. The standard InChI is InChI=1S/C17H21ClN2O/c1-3-9-20(16-6-4-5-15(19)11-16)12-13-10-14(18)7-8-17(13)21-2/h4-8,10-11H,3,9,12,19H2,1-2H3. The van der Waals surface area contributed by atoms with Crippen molar-refractivity contribution in [3.8, 4) is 5.75 Å². The van der Waals surface area contributed by atoms with E-state index >= 15 is 0 Å². The average molecular weight is 305 g/mol. The maximum atomic E-state index is 6.11. The first kappa shape index (κ1) is 15.5. The van der Waals surface area contributed by atoms with E-state index in [4.69, 9.17) is 22.1 Å². The Balaban J connectivity index is 2.30. The summed E-state index contributed by atoms with van der Waals surface area (Å²) in [5.41, 5.74) is 8.84. The van der Waals surface area contributed by atoms with Gasteiger partial charge in [0.25, 0.3) is 0 Å². The molecular formula is C17H21ClN2O. The molecule has 0 aliphatic heterocycles. The average Bonchev–Trinajstić information content (AvgIpc) is 2.47. The van der Waals surface area contributed by atoms with Crippen LogP contribution < -0.4 is 15.4 Å². The Morgan fingerprint density at radius 1 is 1.19 bits per heavy atom. The van der Waals surface area contributed by atoms with Crippen LogP contribution >= 0.6 is 11.6 Å². The number of hydrogen-bond acceptors (Lipinski definition) is 3. The Labute approximate surface area is 131 Å². The van der Waals surface area contributed by atoms with Crippen LogP contribution in [-0.4, -0.2) is 13.7 Å². The van der Waals surface area contributed by atoms with Gasteiger partial charge >= 0.3 is 0 Å². The molecule has 0 amide bonds. The fourth-order valence-corrected chi connectivity index (χ4v) is 2.56. The summed E-state index contributed by atoms with van der Waals surface area (Å²) in [7, 11) is 1.68. The molecule has 0 atom stereocenters. The lowest BCUT2D eigenvalue weighted by molar-refractivity contribution is 0.409. The molecule has 4 heteroatoms. The van der Waals surface area contributed by atoms with Crippen molar-refractivity contribution < 1.29 is 4.74 Å². The van der Waals surface area contributed by atoms with E-state index in [1.165, 1.54) is 0 Å². The van der Waals surface area contributed by atoms with E-state index in [1.807, 2.05) is 36.4 Å². The third-order valence-corrected chi connectivity index (χ3v) is 3.57. The number of nitrogens with two attached hydrogens (primary N) is 1. The predicted octanol–water partition coefficient (Wildman–Crippen LogP) is 4.35. The third-order valence-electron chi connectivity index (χ3n) is 3.33. The van der Waals surface area contributed by atoms with Crippen molar-refractivity contribution in [3.63, 3.8) is 0 Å². The minimum Gasteiger partial charge on any atom is -0.496 e. The van der Waals surface area contributed by atoms with Gasteiger partial charge in [-0.1, -0.05) is 24.6 Å². The van der Waals surface area contributed by atoms with E-state index in [1.54, 1.807) is 7.11 Å². The zero-order valence-corrected chi connectivity index (χ0v) is 13.2. The van der Waals surface area contributed by atoms with E-state index in [0.717, 1.165) is 47.2 Å². The van der Waals surface area contributed by atoms with Crippen molar-refractivity contribution in [1.29, 1.82) is 0 Å². The Bertz CT molecular complexity index is 601. The van der Waals surface area contributed by atoms with Crippen LogP contribution in [0.1, 0.15) is 18.9 Å². The maximum Gasteiger partial charge on any atom is 0.123 e. The number of ether oxygens (including phenoxy) is 1. The molecule has 0 aliphatic carbocycles. The molecule has 2 rings (SSSR count). The number of anilines is 2. The number of hydrogen-bond donors (Lipinski definition) is 1. The predicted molar refractivity (Wildman–Crippen MR) is 90.2 cm³/mol. The lowest BCUT2D eigenvalue weighted by Gasteiger charge is -2.25. The fraction of sp³-hybridized carbons (Fsp3) is 0.294. The second-order valence-electron chi connectivity index (χ2n) is 4.97. The minimum absolute atomic E-state index is 0.717. The summed E-state index contributed by atoms with van der Waals surface area (Å²) in [5.74, 6) is 0.851. The highest BCUT2D eigenvalue weighted by molar-refractivity contribution is 6.30. The summed E-state index contributed by atoms with van der Waals surface area (Å²) in [6.45, 7) is 3.84. The Morgan fingerprint density at radius 3 is 2.67 bits per heavy atom. The van der Waals surface area contributed by atoms with Gasteiger partial charge in [-0.2, -0.15) is 0 Å². The number of nitrogen functional groups attached to an aromatic ring is 1. The zero-order valence-electron chi connectivity index (χ0n) is 12.5. The van der Waals surface area contributed by atoms with E-state index in [2.05, 4.69) is 17.9 Å². The molecule has 2 N–H and O–H groups in total. The largest absolute Gasteiger partial charge is 0.496 e. The van der Waals surface area contributed by atoms with Gasteiger partial charge < -0.3 is 15.4 Å². The molecule has 112 valence electrons. The normalized spacial score (nSPS) is 10.4. The van der Waals surface area contributed by atoms with Gasteiger partial charge in [-0.15, -0.1) is 0 Å². The highest BCUT2D eigenvalue weighted by Crippen LogP contribution is 2.27. The quantitative estimate of drug-likeness (QED) is 0.806. The molecular weight excluding hydrogens is 284 g/mol. The van der Waals surface area contributed by atoms with Crippen LogP contribution in [0.3, 0.4) is 0 Å². The summed E-state index contributed by atoms with van der Waals surface area (Å²) in [6.07, 6.45) is 1.05. The Morgan fingerprint density at radius 2 is 2.00 bits per heavy atom. The summed E-state index contributed by atoms with van der Waals surface area (Å²) < 4.78 is 5.43. The second-order valence-corrected chi connectivity index (χ2v) is 5.41. The maximum absolute atomic E-state index is 6.11. The van der Waals surface area contributed by atoms with Gasteiger partial charge in [-0.3, -0.25) is 0 Å². The first-order valence-corrected chi connectivity index (χ1v) is 7.44. The molecule has 0 bridgehead atoms. The molecule has 0 saturated carbocycles. The molecule has 3 nitrogen and oxygen atoms in total. The SMILES string of the molecule is CCCN(Cc1cc(Cl)ccc1OC)c1cccc(N)c1. The van der Waals surface area contributed by atoms with Crippen molar-refractivity contribution in [2.45, 2.75) is 19.9 Å². The fourth-order valence-electron chi connectivity index (χ4n) is 2.37. The molecule has 2 aromatic carbocycles. The first-order chi connectivity index (χ1) is 10.1. The van der Waals surface area contributed by atoms with Crippen molar-refractivity contribution in [3.05, 3.63) is 53.1 Å². The molecule has 0 heterocycles. The van der Waals surface area contributed by atoms with Crippen LogP contribution in [0, 0.1) is 0 Å². The van der Waals surface area contributed by atoms with Crippen molar-refractivity contribution in [2.24, 2.45) is 0 Å². The van der Waals surface area contributed by atoms with Gasteiger partial charge in [0.05, 0.1) is 7.11 Å². The van der Waals surface area contributed by atoms with Crippen molar-refractivity contribution in [1.82, 2.24) is 0 Å². The lowest BCUT2D eigenvalue weighted by atomic mass is 10.1. The molecule has 0 spiro atoms. The summed E-state index contributed by atoms with van der Waals surface area (Å²) in [4.78, 5) is 2.28. The van der Waals surface area contributed by atoms with E-state index < -0.39 is 0 Å². The topological polar surface area (TPSA) is 38.5 Å². The number of methoxy groups -OCH3 is 1. The van der Waals surface area contributed by atoms with Gasteiger partial charge in [0.1, 0.15) is 5.75 Å². The minimum atomic E-state index is 0.717. The monoisotopic (exact) mass is 304 g/mol. The summed E-state index contributed by atoms with van der Waals surface area (Å²) in [6, 6.07) is 13.6. The molecule has 2 aromatic rings. The van der Waals surface area contributed by atoms with Gasteiger partial charge in [0.15, 0.2) is 0 Å². The van der Waals surface area contributed by atoms with Crippen molar-refractivity contribution in [2.75, 3.05) is 24.3 Å². The third kappa shape index (κ3) is 4.05.